The molecular weight excluding hydrogens is 258 g/mol. The molecule has 0 saturated heterocycles. The van der Waals surface area contributed by atoms with Gasteiger partial charge in [0, 0.05) is 11.1 Å². The fourth-order valence-corrected chi connectivity index (χ4v) is 7.31. The monoisotopic (exact) mass is 287 g/mol. The van der Waals surface area contributed by atoms with E-state index in [1.807, 2.05) is 0 Å². The van der Waals surface area contributed by atoms with Crippen LogP contribution >= 0.6 is 0 Å². The van der Waals surface area contributed by atoms with Crippen molar-refractivity contribution in [2.24, 2.45) is 0 Å². The number of hydrogen-bond donors (Lipinski definition) is 1. The van der Waals surface area contributed by atoms with E-state index >= 15 is 0 Å². The van der Waals surface area contributed by atoms with Gasteiger partial charge in [0.1, 0.15) is 8.24 Å². The van der Waals surface area contributed by atoms with Crippen LogP contribution < -0.4 is 4.98 Å². The summed E-state index contributed by atoms with van der Waals surface area (Å²) in [5.41, 5.74) is 5.38. The summed E-state index contributed by atoms with van der Waals surface area (Å²) in [6.07, 6.45) is 4.98. The summed E-state index contributed by atoms with van der Waals surface area (Å²) in [6.45, 7) is 14.0. The van der Waals surface area contributed by atoms with E-state index in [-0.39, 0.29) is 5.54 Å². The van der Waals surface area contributed by atoms with E-state index in [4.69, 9.17) is 0 Å². The molecule has 1 nitrogen and oxygen atoms in total. The average molecular weight is 288 g/mol. The first-order chi connectivity index (χ1) is 9.24. The third-order valence-electron chi connectivity index (χ3n) is 4.00. The Morgan fingerprint density at radius 1 is 1.15 bits per heavy atom. The predicted octanol–water partition coefficient (Wildman–Crippen LogP) is 5.10. The molecule has 20 heavy (non-hydrogen) atoms. The van der Waals surface area contributed by atoms with Crippen molar-refractivity contribution in [2.45, 2.75) is 64.7 Å². The number of allylic oxidation sites excluding steroid dienone is 2. The Morgan fingerprint density at radius 3 is 2.40 bits per heavy atom. The molecule has 1 aliphatic carbocycles. The van der Waals surface area contributed by atoms with Crippen LogP contribution in [0.3, 0.4) is 0 Å². The first kappa shape index (κ1) is 15.5. The Balaban J connectivity index is 2.37. The van der Waals surface area contributed by atoms with Crippen molar-refractivity contribution in [3.8, 4) is 0 Å². The van der Waals surface area contributed by atoms with E-state index in [1.54, 1.807) is 11.1 Å². The van der Waals surface area contributed by atoms with Crippen molar-refractivity contribution in [3.05, 3.63) is 41.5 Å². The molecule has 2 rings (SSSR count). The standard InChI is InChI=1S/C18H29NSi/c1-7-10-14-13-17(16-12-9-8-11-15(14)16)20(5,6)19-18(2,3)4/h8-9,11-13,17,19H,7,10H2,1-6H3. The highest BCUT2D eigenvalue weighted by Gasteiger charge is 2.38. The van der Waals surface area contributed by atoms with Crippen LogP contribution in [0.25, 0.3) is 5.57 Å². The summed E-state index contributed by atoms with van der Waals surface area (Å²) in [5, 5.41) is 0. The molecular formula is C18H29NSi. The van der Waals surface area contributed by atoms with Crippen LogP contribution in [0.4, 0.5) is 0 Å². The molecule has 1 unspecified atom stereocenters. The highest BCUT2D eigenvalue weighted by Crippen LogP contribution is 2.42. The summed E-state index contributed by atoms with van der Waals surface area (Å²) in [4.78, 5) is 3.94. The van der Waals surface area contributed by atoms with E-state index in [9.17, 15) is 0 Å². The lowest BCUT2D eigenvalue weighted by molar-refractivity contribution is 0.509. The van der Waals surface area contributed by atoms with Gasteiger partial charge in [-0.2, -0.15) is 0 Å². The summed E-state index contributed by atoms with van der Waals surface area (Å²) in [6, 6.07) is 9.00. The summed E-state index contributed by atoms with van der Waals surface area (Å²) >= 11 is 0. The van der Waals surface area contributed by atoms with Crippen molar-refractivity contribution in [1.29, 1.82) is 0 Å². The van der Waals surface area contributed by atoms with Crippen molar-refractivity contribution in [2.75, 3.05) is 0 Å². The SMILES string of the molecule is CCCC1=CC([Si](C)(C)NC(C)(C)C)c2ccccc21. The number of fused-ring (bicyclic) bond motifs is 1. The zero-order chi connectivity index (χ0) is 15.0. The first-order valence-electron chi connectivity index (χ1n) is 7.84. The number of rotatable bonds is 4. The van der Waals surface area contributed by atoms with Crippen molar-refractivity contribution in [1.82, 2.24) is 4.98 Å². The summed E-state index contributed by atoms with van der Waals surface area (Å²) in [7, 11) is -1.55. The lowest BCUT2D eigenvalue weighted by Crippen LogP contribution is -2.57. The molecule has 0 heterocycles. The molecule has 0 radical (unpaired) electrons. The predicted molar refractivity (Wildman–Crippen MR) is 92.4 cm³/mol. The van der Waals surface area contributed by atoms with Gasteiger partial charge in [-0.15, -0.1) is 0 Å². The molecule has 2 heteroatoms. The molecule has 110 valence electrons. The smallest absolute Gasteiger partial charge is 0.131 e. The lowest BCUT2D eigenvalue weighted by Gasteiger charge is -2.37. The molecule has 0 aromatic heterocycles. The molecule has 1 aliphatic rings. The normalized spacial score (nSPS) is 18.9. The molecule has 0 amide bonds. The number of hydrogen-bond acceptors (Lipinski definition) is 1. The van der Waals surface area contributed by atoms with Crippen LogP contribution in [0.5, 0.6) is 0 Å². The quantitative estimate of drug-likeness (QED) is 0.760. The molecule has 0 bridgehead atoms. The maximum atomic E-state index is 3.94. The molecule has 0 saturated carbocycles. The molecule has 1 N–H and O–H groups in total. The van der Waals surface area contributed by atoms with Crippen molar-refractivity contribution < 1.29 is 0 Å². The molecule has 1 atom stereocenters. The van der Waals surface area contributed by atoms with Crippen molar-refractivity contribution >= 4 is 13.8 Å². The van der Waals surface area contributed by atoms with E-state index < -0.39 is 8.24 Å². The Kier molecular flexibility index (Phi) is 4.26. The second-order valence-corrected chi connectivity index (χ2v) is 11.9. The Bertz CT molecular complexity index is 508. The van der Waals surface area contributed by atoms with Crippen LogP contribution in [0.2, 0.25) is 13.1 Å². The van der Waals surface area contributed by atoms with Gasteiger partial charge in [0.15, 0.2) is 0 Å². The van der Waals surface area contributed by atoms with Gasteiger partial charge in [0.25, 0.3) is 0 Å². The van der Waals surface area contributed by atoms with Gasteiger partial charge in [-0.1, -0.05) is 56.8 Å². The summed E-state index contributed by atoms with van der Waals surface area (Å²) < 4.78 is 0. The third kappa shape index (κ3) is 3.24. The van der Waals surface area contributed by atoms with Gasteiger partial charge in [-0.05, 0) is 43.9 Å². The van der Waals surface area contributed by atoms with E-state index in [2.05, 4.69) is 76.1 Å². The lowest BCUT2D eigenvalue weighted by atomic mass is 10.0. The molecule has 0 spiro atoms. The number of benzene rings is 1. The topological polar surface area (TPSA) is 12.0 Å². The fraction of sp³-hybridized carbons (Fsp3) is 0.556. The van der Waals surface area contributed by atoms with Gasteiger partial charge >= 0.3 is 0 Å². The van der Waals surface area contributed by atoms with Gasteiger partial charge in [0.2, 0.25) is 0 Å². The van der Waals surface area contributed by atoms with Gasteiger partial charge in [0.05, 0.1) is 0 Å². The van der Waals surface area contributed by atoms with Gasteiger partial charge in [-0.25, -0.2) is 0 Å². The van der Waals surface area contributed by atoms with Crippen LogP contribution in [-0.4, -0.2) is 13.8 Å². The van der Waals surface area contributed by atoms with E-state index in [0.29, 0.717) is 5.54 Å². The molecule has 0 fully saturated rings. The van der Waals surface area contributed by atoms with Crippen molar-refractivity contribution in [3.63, 3.8) is 0 Å². The zero-order valence-electron chi connectivity index (χ0n) is 13.9. The van der Waals surface area contributed by atoms with Crippen LogP contribution in [0.15, 0.2) is 30.3 Å². The van der Waals surface area contributed by atoms with Crippen LogP contribution in [0, 0.1) is 0 Å². The fourth-order valence-electron chi connectivity index (χ4n) is 3.57. The maximum absolute atomic E-state index is 3.94. The molecule has 0 aliphatic heterocycles. The Labute approximate surface area is 125 Å². The van der Waals surface area contributed by atoms with Crippen LogP contribution in [-0.2, 0) is 0 Å². The number of nitrogens with one attached hydrogen (secondary N) is 1. The third-order valence-corrected chi connectivity index (χ3v) is 7.43. The minimum atomic E-state index is -1.55. The van der Waals surface area contributed by atoms with E-state index in [0.717, 1.165) is 0 Å². The van der Waals surface area contributed by atoms with E-state index in [1.165, 1.54) is 18.4 Å². The highest BCUT2D eigenvalue weighted by molar-refractivity contribution is 6.77. The highest BCUT2D eigenvalue weighted by atomic mass is 28.3. The molecule has 1 aromatic rings. The zero-order valence-corrected chi connectivity index (χ0v) is 14.9. The Hall–Kier alpha value is -0.863. The average Bonchev–Trinajstić information content (AvgIpc) is 2.67. The molecule has 1 aromatic carbocycles. The van der Waals surface area contributed by atoms with Gasteiger partial charge in [-0.3, -0.25) is 0 Å². The second-order valence-electron chi connectivity index (χ2n) is 7.60. The Morgan fingerprint density at radius 2 is 1.80 bits per heavy atom. The first-order valence-corrected chi connectivity index (χ1v) is 10.9. The van der Waals surface area contributed by atoms with Gasteiger partial charge < -0.3 is 4.98 Å². The largest absolute Gasteiger partial charge is 0.332 e. The minimum absolute atomic E-state index is 0.187. The second kappa shape index (κ2) is 5.49. The summed E-state index contributed by atoms with van der Waals surface area (Å²) in [5.74, 6) is 0. The minimum Gasteiger partial charge on any atom is -0.332 e. The van der Waals surface area contributed by atoms with Crippen LogP contribution in [0.1, 0.15) is 57.2 Å². The maximum Gasteiger partial charge on any atom is 0.131 e.